The van der Waals surface area contributed by atoms with Gasteiger partial charge in [-0.15, -0.1) is 0 Å². The van der Waals surface area contributed by atoms with E-state index < -0.39 is 5.91 Å². The molecule has 1 aromatic carbocycles. The van der Waals surface area contributed by atoms with E-state index in [4.69, 9.17) is 11.5 Å². The van der Waals surface area contributed by atoms with Crippen LogP contribution >= 0.6 is 0 Å². The van der Waals surface area contributed by atoms with Gasteiger partial charge in [-0.25, -0.2) is 4.39 Å². The van der Waals surface area contributed by atoms with Gasteiger partial charge >= 0.3 is 0 Å². The first-order chi connectivity index (χ1) is 7.56. The van der Waals surface area contributed by atoms with E-state index in [2.05, 4.69) is 0 Å². The zero-order valence-electron chi connectivity index (χ0n) is 9.24. The van der Waals surface area contributed by atoms with Crippen molar-refractivity contribution in [2.45, 2.75) is 13.5 Å². The Balaban J connectivity index is 2.99. The molecule has 5 heteroatoms. The number of benzene rings is 1. The summed E-state index contributed by atoms with van der Waals surface area (Å²) in [5.74, 6) is -0.804. The third kappa shape index (κ3) is 3.20. The minimum atomic E-state index is -0.444. The number of anilines is 1. The first-order valence-electron chi connectivity index (χ1n) is 5.09. The third-order valence-electron chi connectivity index (χ3n) is 2.27. The number of carbonyl (C=O) groups excluding carboxylic acids is 1. The van der Waals surface area contributed by atoms with Crippen LogP contribution in [0.3, 0.4) is 0 Å². The van der Waals surface area contributed by atoms with Crippen LogP contribution < -0.4 is 16.4 Å². The summed E-state index contributed by atoms with van der Waals surface area (Å²) in [5, 5.41) is 0. The van der Waals surface area contributed by atoms with Gasteiger partial charge in [0.2, 0.25) is 5.91 Å². The Morgan fingerprint density at radius 1 is 1.44 bits per heavy atom. The number of primary amides is 1. The topological polar surface area (TPSA) is 72.3 Å². The zero-order valence-corrected chi connectivity index (χ0v) is 9.24. The summed E-state index contributed by atoms with van der Waals surface area (Å²) in [6.07, 6.45) is 0. The highest BCUT2D eigenvalue weighted by Gasteiger charge is 2.09. The number of hydrogen-bond acceptors (Lipinski definition) is 3. The third-order valence-corrected chi connectivity index (χ3v) is 2.27. The molecule has 1 amide bonds. The van der Waals surface area contributed by atoms with Crippen molar-refractivity contribution >= 4 is 11.6 Å². The van der Waals surface area contributed by atoms with Gasteiger partial charge in [-0.3, -0.25) is 4.79 Å². The summed E-state index contributed by atoms with van der Waals surface area (Å²) in [7, 11) is 0. The molecule has 0 bridgehead atoms. The van der Waals surface area contributed by atoms with E-state index in [0.717, 1.165) is 0 Å². The fourth-order valence-electron chi connectivity index (χ4n) is 1.51. The predicted octanol–water partition coefficient (Wildman–Crippen LogP) is 0.596. The van der Waals surface area contributed by atoms with Crippen LogP contribution in [0.15, 0.2) is 18.2 Å². The van der Waals surface area contributed by atoms with Crippen molar-refractivity contribution < 1.29 is 9.18 Å². The second-order valence-electron chi connectivity index (χ2n) is 3.50. The first kappa shape index (κ1) is 12.4. The maximum Gasteiger partial charge on any atom is 0.236 e. The number of nitrogens with two attached hydrogens (primary N) is 2. The zero-order chi connectivity index (χ0) is 12.1. The molecule has 88 valence electrons. The Morgan fingerprint density at radius 3 is 2.62 bits per heavy atom. The summed E-state index contributed by atoms with van der Waals surface area (Å²) in [6, 6.07) is 4.50. The molecule has 1 aromatic rings. The van der Waals surface area contributed by atoms with Gasteiger partial charge in [0.05, 0.1) is 6.54 Å². The van der Waals surface area contributed by atoms with Crippen LogP contribution in [0, 0.1) is 5.82 Å². The van der Waals surface area contributed by atoms with Crippen molar-refractivity contribution in [3.63, 3.8) is 0 Å². The lowest BCUT2D eigenvalue weighted by atomic mass is 10.1. The van der Waals surface area contributed by atoms with E-state index in [9.17, 15) is 9.18 Å². The monoisotopic (exact) mass is 225 g/mol. The molecule has 0 aromatic heterocycles. The first-order valence-corrected chi connectivity index (χ1v) is 5.09. The molecule has 4 N–H and O–H groups in total. The summed E-state index contributed by atoms with van der Waals surface area (Å²) in [4.78, 5) is 12.5. The number of carbonyl (C=O) groups is 1. The van der Waals surface area contributed by atoms with Crippen LogP contribution in [0.5, 0.6) is 0 Å². The molecule has 0 atom stereocenters. The lowest BCUT2D eigenvalue weighted by Crippen LogP contribution is -2.33. The minimum Gasteiger partial charge on any atom is -0.368 e. The summed E-state index contributed by atoms with van der Waals surface area (Å²) in [5.41, 5.74) is 11.9. The van der Waals surface area contributed by atoms with Crippen molar-refractivity contribution in [3.05, 3.63) is 29.6 Å². The van der Waals surface area contributed by atoms with Crippen molar-refractivity contribution in [2.75, 3.05) is 18.0 Å². The van der Waals surface area contributed by atoms with Gasteiger partial charge in [0.1, 0.15) is 5.82 Å². The molecule has 16 heavy (non-hydrogen) atoms. The molecule has 1 rings (SSSR count). The van der Waals surface area contributed by atoms with E-state index in [1.165, 1.54) is 12.1 Å². The maximum atomic E-state index is 13.3. The Morgan fingerprint density at radius 2 is 2.12 bits per heavy atom. The number of hydrogen-bond donors (Lipinski definition) is 2. The number of rotatable bonds is 5. The van der Waals surface area contributed by atoms with E-state index in [0.29, 0.717) is 17.8 Å². The number of nitrogens with zero attached hydrogens (tertiary/aromatic N) is 1. The van der Waals surface area contributed by atoms with Gasteiger partial charge in [-0.05, 0) is 30.7 Å². The quantitative estimate of drug-likeness (QED) is 0.770. The van der Waals surface area contributed by atoms with Gasteiger partial charge in [-0.1, -0.05) is 0 Å². The molecule has 0 aliphatic heterocycles. The second kappa shape index (κ2) is 5.46. The smallest absolute Gasteiger partial charge is 0.236 e. The fraction of sp³-hybridized carbons (Fsp3) is 0.364. The molecule has 0 aliphatic carbocycles. The van der Waals surface area contributed by atoms with Gasteiger partial charge in [0.15, 0.2) is 0 Å². The van der Waals surface area contributed by atoms with Gasteiger partial charge < -0.3 is 16.4 Å². The van der Waals surface area contributed by atoms with Crippen molar-refractivity contribution in [2.24, 2.45) is 11.5 Å². The Hall–Kier alpha value is -1.62. The lowest BCUT2D eigenvalue weighted by Gasteiger charge is -2.22. The highest BCUT2D eigenvalue weighted by molar-refractivity contribution is 5.79. The summed E-state index contributed by atoms with van der Waals surface area (Å²) >= 11 is 0. The van der Waals surface area contributed by atoms with Gasteiger partial charge in [-0.2, -0.15) is 0 Å². The molecule has 0 spiro atoms. The maximum absolute atomic E-state index is 13.3. The van der Waals surface area contributed by atoms with E-state index in [-0.39, 0.29) is 18.9 Å². The average Bonchev–Trinajstić information content (AvgIpc) is 2.24. The molecule has 0 fully saturated rings. The standard InChI is InChI=1S/C11H16FN3O/c1-2-15(7-11(14)16)10-4-8(6-13)3-9(12)5-10/h3-5H,2,6-7,13H2,1H3,(H2,14,16). The van der Waals surface area contributed by atoms with E-state index >= 15 is 0 Å². The van der Waals surface area contributed by atoms with Crippen molar-refractivity contribution in [1.29, 1.82) is 0 Å². The molecular weight excluding hydrogens is 209 g/mol. The van der Waals surface area contributed by atoms with Crippen molar-refractivity contribution in [1.82, 2.24) is 0 Å². The van der Waals surface area contributed by atoms with Crippen LogP contribution in [0.1, 0.15) is 12.5 Å². The van der Waals surface area contributed by atoms with Crippen LogP contribution in [0.2, 0.25) is 0 Å². The van der Waals surface area contributed by atoms with Crippen LogP contribution in [-0.2, 0) is 11.3 Å². The molecule has 0 aliphatic rings. The molecule has 0 radical (unpaired) electrons. The number of likely N-dealkylation sites (N-methyl/N-ethyl adjacent to an activating group) is 1. The fourth-order valence-corrected chi connectivity index (χ4v) is 1.51. The Kier molecular flexibility index (Phi) is 4.25. The molecule has 0 unspecified atom stereocenters. The molecule has 4 nitrogen and oxygen atoms in total. The van der Waals surface area contributed by atoms with Crippen molar-refractivity contribution in [3.8, 4) is 0 Å². The number of amides is 1. The average molecular weight is 225 g/mol. The van der Waals surface area contributed by atoms with Crippen LogP contribution in [0.4, 0.5) is 10.1 Å². The molecule has 0 saturated carbocycles. The van der Waals surface area contributed by atoms with Gasteiger partial charge in [0, 0.05) is 18.8 Å². The lowest BCUT2D eigenvalue weighted by molar-refractivity contribution is -0.116. The van der Waals surface area contributed by atoms with Gasteiger partial charge in [0.25, 0.3) is 0 Å². The highest BCUT2D eigenvalue weighted by atomic mass is 19.1. The Labute approximate surface area is 94.0 Å². The molecule has 0 heterocycles. The molecule has 0 saturated heterocycles. The van der Waals surface area contributed by atoms with Crippen LogP contribution in [-0.4, -0.2) is 19.0 Å². The normalized spacial score (nSPS) is 10.2. The molecular formula is C11H16FN3O. The number of halogens is 1. The summed E-state index contributed by atoms with van der Waals surface area (Å²) in [6.45, 7) is 2.79. The minimum absolute atomic E-state index is 0.0734. The predicted molar refractivity (Wildman–Crippen MR) is 61.4 cm³/mol. The second-order valence-corrected chi connectivity index (χ2v) is 3.50. The summed E-state index contributed by atoms with van der Waals surface area (Å²) < 4.78 is 13.3. The highest BCUT2D eigenvalue weighted by Crippen LogP contribution is 2.18. The van der Waals surface area contributed by atoms with E-state index in [1.807, 2.05) is 6.92 Å². The Bertz CT molecular complexity index is 381. The van der Waals surface area contributed by atoms with Crippen LogP contribution in [0.25, 0.3) is 0 Å². The largest absolute Gasteiger partial charge is 0.368 e. The van der Waals surface area contributed by atoms with E-state index in [1.54, 1.807) is 11.0 Å². The SMILES string of the molecule is CCN(CC(N)=O)c1cc(F)cc(CN)c1.